The van der Waals surface area contributed by atoms with Gasteiger partial charge >= 0.3 is 29.6 Å². The van der Waals surface area contributed by atoms with Crippen LogP contribution in [0.15, 0.2) is 41.3 Å². The van der Waals surface area contributed by atoms with Gasteiger partial charge in [-0.25, -0.2) is 8.42 Å². The van der Waals surface area contributed by atoms with Crippen molar-refractivity contribution < 1.29 is 42.5 Å². The van der Waals surface area contributed by atoms with Crippen molar-refractivity contribution in [3.8, 4) is 0 Å². The van der Waals surface area contributed by atoms with Gasteiger partial charge in [-0.15, -0.1) is 0 Å². The van der Waals surface area contributed by atoms with E-state index in [4.69, 9.17) is 0 Å². The second-order valence-electron chi connectivity index (χ2n) is 5.78. The predicted octanol–water partition coefficient (Wildman–Crippen LogP) is 1.65. The van der Waals surface area contributed by atoms with Gasteiger partial charge in [0.15, 0.2) is 0 Å². The Bertz CT molecular complexity index is 726. The molecule has 120 valence electrons. The van der Waals surface area contributed by atoms with Crippen molar-refractivity contribution in [1.82, 2.24) is 0 Å². The number of fused-ring (bicyclic) bond motifs is 1. The van der Waals surface area contributed by atoms with Gasteiger partial charge in [0.1, 0.15) is 10.1 Å². The molecule has 0 spiro atoms. The number of hydrogen-bond donors (Lipinski definition) is 0. The minimum atomic E-state index is -4.42. The normalized spacial score (nSPS) is 11.4. The van der Waals surface area contributed by atoms with Crippen LogP contribution in [-0.2, 0) is 16.5 Å². The molecule has 0 fully saturated rings. The van der Waals surface area contributed by atoms with Crippen LogP contribution in [0.1, 0.15) is 51.0 Å². The fraction of sp³-hybridized carbons (Fsp3) is 0.444. The topological polar surface area (TPSA) is 57.2 Å². The van der Waals surface area contributed by atoms with E-state index in [9.17, 15) is 13.0 Å². The molecule has 0 radical (unpaired) electrons. The average molecular weight is 342 g/mol. The molecule has 2 aromatic rings. The summed E-state index contributed by atoms with van der Waals surface area (Å²) in [6.07, 6.45) is 8.52. The maximum atomic E-state index is 11.3. The Balaban J connectivity index is 0.00000264. The van der Waals surface area contributed by atoms with Crippen LogP contribution in [0.3, 0.4) is 0 Å². The third-order valence-corrected chi connectivity index (χ3v) is 4.89. The fourth-order valence-electron chi connectivity index (χ4n) is 2.79. The number of unbranched alkanes of at least 4 members (excludes halogenated alkanes) is 5. The molecule has 0 unspecified atom stereocenters. The maximum absolute atomic E-state index is 11.3. The van der Waals surface area contributed by atoms with Crippen LogP contribution in [0.4, 0.5) is 0 Å². The maximum Gasteiger partial charge on any atom is 1.00 e. The third-order valence-electron chi connectivity index (χ3n) is 3.99. The van der Waals surface area contributed by atoms with E-state index in [-0.39, 0.29) is 34.5 Å². The smallest absolute Gasteiger partial charge is 0.744 e. The van der Waals surface area contributed by atoms with Crippen molar-refractivity contribution in [2.75, 3.05) is 0 Å². The first-order valence-electron chi connectivity index (χ1n) is 8.00. The monoisotopic (exact) mass is 342 g/mol. The van der Waals surface area contributed by atoms with Gasteiger partial charge in [-0.3, -0.25) is 0 Å². The van der Waals surface area contributed by atoms with E-state index in [0.29, 0.717) is 5.39 Å². The zero-order valence-corrected chi connectivity index (χ0v) is 16.9. The summed E-state index contributed by atoms with van der Waals surface area (Å²) in [5.74, 6) is 0. The van der Waals surface area contributed by atoms with Gasteiger partial charge in [-0.1, -0.05) is 69.4 Å². The Labute approximate surface area is 161 Å². The van der Waals surface area contributed by atoms with Crippen molar-refractivity contribution in [1.29, 1.82) is 0 Å². The van der Waals surface area contributed by atoms with Crippen LogP contribution in [0.25, 0.3) is 10.8 Å². The Morgan fingerprint density at radius 3 is 2.35 bits per heavy atom. The third kappa shape index (κ3) is 6.20. The number of aryl methyl sites for hydroxylation is 1. The number of hydrogen-bond acceptors (Lipinski definition) is 3. The van der Waals surface area contributed by atoms with Gasteiger partial charge in [0.05, 0.1) is 4.90 Å². The molecule has 23 heavy (non-hydrogen) atoms. The van der Waals surface area contributed by atoms with Gasteiger partial charge in [-0.2, -0.15) is 0 Å². The van der Waals surface area contributed by atoms with Gasteiger partial charge in [-0.05, 0) is 35.2 Å². The van der Waals surface area contributed by atoms with E-state index in [1.165, 1.54) is 43.7 Å². The summed E-state index contributed by atoms with van der Waals surface area (Å²) in [6.45, 7) is 2.21. The number of rotatable bonds is 8. The summed E-state index contributed by atoms with van der Waals surface area (Å²) in [5, 5.41) is 1.34. The molecule has 0 N–H and O–H groups in total. The molecule has 0 aliphatic rings. The van der Waals surface area contributed by atoms with Crippen LogP contribution in [0.2, 0.25) is 0 Å². The first kappa shape index (κ1) is 20.7. The molecule has 0 aliphatic heterocycles. The summed E-state index contributed by atoms with van der Waals surface area (Å²) in [6, 6.07) is 10.5. The van der Waals surface area contributed by atoms with E-state index in [1.807, 2.05) is 18.2 Å². The van der Waals surface area contributed by atoms with Gasteiger partial charge in [0.2, 0.25) is 0 Å². The van der Waals surface area contributed by atoms with Crippen molar-refractivity contribution in [3.63, 3.8) is 0 Å². The van der Waals surface area contributed by atoms with Crippen LogP contribution in [0.5, 0.6) is 0 Å². The first-order valence-corrected chi connectivity index (χ1v) is 9.41. The molecule has 3 nitrogen and oxygen atoms in total. The molecule has 2 rings (SSSR count). The average Bonchev–Trinajstić information content (AvgIpc) is 2.49. The van der Waals surface area contributed by atoms with E-state index in [1.54, 1.807) is 12.1 Å². The summed E-state index contributed by atoms with van der Waals surface area (Å²) in [4.78, 5) is -0.129. The quantitative estimate of drug-likeness (QED) is 0.416. The Hall–Kier alpha value is -0.390. The molecular weight excluding hydrogens is 319 g/mol. The van der Waals surface area contributed by atoms with Crippen LogP contribution < -0.4 is 29.6 Å². The molecule has 0 atom stereocenters. The zero-order valence-electron chi connectivity index (χ0n) is 14.0. The minimum absolute atomic E-state index is 0. The molecule has 5 heteroatoms. The van der Waals surface area contributed by atoms with E-state index in [0.717, 1.165) is 18.2 Å². The largest absolute Gasteiger partial charge is 1.00 e. The van der Waals surface area contributed by atoms with E-state index < -0.39 is 10.1 Å². The molecule has 0 amide bonds. The molecule has 0 saturated carbocycles. The summed E-state index contributed by atoms with van der Waals surface area (Å²) >= 11 is 0. The molecular formula is C18H23NaO3S. The van der Waals surface area contributed by atoms with E-state index in [2.05, 4.69) is 6.92 Å². The Kier molecular flexibility index (Phi) is 8.80. The summed E-state index contributed by atoms with van der Waals surface area (Å²) < 4.78 is 33.8. The number of benzene rings is 2. The fourth-order valence-corrected chi connectivity index (χ4v) is 3.49. The molecule has 0 aromatic heterocycles. The zero-order chi connectivity index (χ0) is 16.0. The Morgan fingerprint density at radius 1 is 0.957 bits per heavy atom. The standard InChI is InChI=1S/C18H24O3S.Na/c1-2-3-4-5-6-7-9-15-12-13-17-16(14-15)10-8-11-18(17)22(19,20)21;/h8,10-14H,2-7,9H2,1H3,(H,19,20,21);/q;+1/p-1. The van der Waals surface area contributed by atoms with Crippen molar-refractivity contribution in [3.05, 3.63) is 42.0 Å². The van der Waals surface area contributed by atoms with Gasteiger partial charge in [0.25, 0.3) is 0 Å². The van der Waals surface area contributed by atoms with E-state index >= 15 is 0 Å². The van der Waals surface area contributed by atoms with Crippen LogP contribution in [-0.4, -0.2) is 13.0 Å². The summed E-state index contributed by atoms with van der Waals surface area (Å²) in [5.41, 5.74) is 1.20. The van der Waals surface area contributed by atoms with Gasteiger partial charge < -0.3 is 4.55 Å². The van der Waals surface area contributed by atoms with Crippen molar-refractivity contribution >= 4 is 20.9 Å². The van der Waals surface area contributed by atoms with Gasteiger partial charge in [0, 0.05) is 0 Å². The SMILES string of the molecule is CCCCCCCCc1ccc2c(S(=O)(=O)[O-])cccc2c1.[Na+]. The molecule has 0 aliphatic carbocycles. The minimum Gasteiger partial charge on any atom is -0.744 e. The molecule has 0 heterocycles. The second kappa shape index (κ2) is 9.80. The first-order chi connectivity index (χ1) is 10.5. The van der Waals surface area contributed by atoms with Crippen molar-refractivity contribution in [2.45, 2.75) is 56.8 Å². The molecule has 2 aromatic carbocycles. The van der Waals surface area contributed by atoms with Crippen LogP contribution in [0, 0.1) is 0 Å². The Morgan fingerprint density at radius 2 is 1.65 bits per heavy atom. The predicted molar refractivity (Wildman–Crippen MR) is 89.0 cm³/mol. The summed E-state index contributed by atoms with van der Waals surface area (Å²) in [7, 11) is -4.42. The molecule has 0 saturated heterocycles. The molecule has 0 bridgehead atoms. The second-order valence-corrected chi connectivity index (χ2v) is 7.13. The van der Waals surface area contributed by atoms with Crippen molar-refractivity contribution in [2.24, 2.45) is 0 Å². The van der Waals surface area contributed by atoms with Crippen LogP contribution >= 0.6 is 0 Å².